The van der Waals surface area contributed by atoms with Crippen molar-refractivity contribution in [2.45, 2.75) is 16.2 Å². The van der Waals surface area contributed by atoms with Gasteiger partial charge in [-0.15, -0.1) is 10.2 Å². The van der Waals surface area contributed by atoms with E-state index < -0.39 is 28.4 Å². The highest BCUT2D eigenvalue weighted by molar-refractivity contribution is 9.10. The summed E-state index contributed by atoms with van der Waals surface area (Å²) in [6.07, 6.45) is 0. The molecule has 186 valence electrons. The molecule has 10 nitrogen and oxygen atoms in total. The van der Waals surface area contributed by atoms with E-state index in [9.17, 15) is 18.0 Å². The third-order valence-electron chi connectivity index (χ3n) is 4.32. The fraction of sp³-hybridized carbons (Fsp3) is 0.238. The maximum atomic E-state index is 13.5. The van der Waals surface area contributed by atoms with E-state index in [0.29, 0.717) is 16.7 Å². The molecule has 0 unspecified atom stereocenters. The molecule has 0 saturated carbocycles. The minimum Gasteiger partial charge on any atom is -0.494 e. The summed E-state index contributed by atoms with van der Waals surface area (Å²) >= 11 is 5.47. The Labute approximate surface area is 219 Å². The van der Waals surface area contributed by atoms with Gasteiger partial charge in [0.25, 0.3) is 10.0 Å². The van der Waals surface area contributed by atoms with Crippen molar-refractivity contribution in [1.29, 1.82) is 0 Å². The number of halogens is 1. The van der Waals surface area contributed by atoms with Crippen LogP contribution in [0.4, 0.5) is 10.8 Å². The fourth-order valence-electron chi connectivity index (χ4n) is 2.71. The lowest BCUT2D eigenvalue weighted by Gasteiger charge is -2.24. The van der Waals surface area contributed by atoms with Crippen molar-refractivity contribution in [3.05, 3.63) is 53.0 Å². The van der Waals surface area contributed by atoms with Crippen LogP contribution in [-0.2, 0) is 24.3 Å². The van der Waals surface area contributed by atoms with Crippen molar-refractivity contribution >= 4 is 71.7 Å². The maximum absolute atomic E-state index is 13.5. The number of nitrogens with zero attached hydrogens (tertiary/aromatic N) is 3. The quantitative estimate of drug-likeness (QED) is 0.198. The summed E-state index contributed by atoms with van der Waals surface area (Å²) < 4.78 is 39.1. The van der Waals surface area contributed by atoms with Crippen LogP contribution in [0.25, 0.3) is 0 Å². The molecule has 0 spiro atoms. The smallest absolute Gasteiger partial charge is 0.316 e. The van der Waals surface area contributed by atoms with Gasteiger partial charge < -0.3 is 9.47 Å². The zero-order valence-electron chi connectivity index (χ0n) is 18.6. The van der Waals surface area contributed by atoms with Crippen molar-refractivity contribution in [3.63, 3.8) is 0 Å². The number of amides is 1. The Balaban J connectivity index is 1.81. The maximum Gasteiger partial charge on any atom is 0.316 e. The molecular weight excluding hydrogens is 580 g/mol. The van der Waals surface area contributed by atoms with Gasteiger partial charge in [-0.25, -0.2) is 8.42 Å². The van der Waals surface area contributed by atoms with Crippen LogP contribution in [-0.4, -0.2) is 56.5 Å². The lowest BCUT2D eigenvalue weighted by atomic mass is 10.3. The molecule has 0 saturated heterocycles. The molecule has 3 aromatic rings. The first-order valence-electron chi connectivity index (χ1n) is 10.1. The van der Waals surface area contributed by atoms with Gasteiger partial charge in [-0.1, -0.05) is 39.0 Å². The molecule has 1 heterocycles. The summed E-state index contributed by atoms with van der Waals surface area (Å²) in [6.45, 7) is 1.80. The Hall–Kier alpha value is -2.68. The standard InChI is InChI=1S/C21H21BrN4O6S3/c1-3-32-16-8-6-15(7-9-16)26(35(29,30)17-10-4-14(22)5-11-17)12-18(27)23-20-24-25-21(34-20)33-13-19(28)31-2/h4-11H,3,12-13H2,1-2H3,(H,23,24,27). The summed E-state index contributed by atoms with van der Waals surface area (Å²) in [4.78, 5) is 24.1. The largest absolute Gasteiger partial charge is 0.494 e. The number of aromatic nitrogens is 2. The van der Waals surface area contributed by atoms with Crippen LogP contribution in [0.3, 0.4) is 0 Å². The van der Waals surface area contributed by atoms with Gasteiger partial charge in [0.1, 0.15) is 12.3 Å². The second-order valence-corrected chi connectivity index (χ2v) is 11.7. The number of carbonyl (C=O) groups excluding carboxylic acids is 2. The minimum absolute atomic E-state index is 0.0276. The molecule has 1 amide bonds. The third-order valence-corrected chi connectivity index (χ3v) is 8.58. The number of benzene rings is 2. The Morgan fingerprint density at radius 3 is 2.43 bits per heavy atom. The Morgan fingerprint density at radius 2 is 1.80 bits per heavy atom. The number of anilines is 2. The van der Waals surface area contributed by atoms with E-state index in [0.717, 1.165) is 31.9 Å². The molecule has 0 fully saturated rings. The molecule has 35 heavy (non-hydrogen) atoms. The van der Waals surface area contributed by atoms with Gasteiger partial charge in [0, 0.05) is 4.47 Å². The first-order valence-corrected chi connectivity index (χ1v) is 14.1. The monoisotopic (exact) mass is 600 g/mol. The van der Waals surface area contributed by atoms with Crippen molar-refractivity contribution in [2.75, 3.05) is 35.6 Å². The van der Waals surface area contributed by atoms with Crippen LogP contribution in [0.5, 0.6) is 5.75 Å². The molecule has 0 aliphatic carbocycles. The topological polar surface area (TPSA) is 128 Å². The lowest BCUT2D eigenvalue weighted by Crippen LogP contribution is -2.38. The number of ether oxygens (including phenoxy) is 2. The summed E-state index contributed by atoms with van der Waals surface area (Å²) in [5.41, 5.74) is 0.290. The number of thioether (sulfide) groups is 1. The predicted octanol–water partition coefficient (Wildman–Crippen LogP) is 3.80. The first kappa shape index (κ1) is 26.9. The highest BCUT2D eigenvalue weighted by Gasteiger charge is 2.28. The molecule has 0 aliphatic heterocycles. The van der Waals surface area contributed by atoms with Crippen LogP contribution < -0.4 is 14.4 Å². The molecule has 0 atom stereocenters. The van der Waals surface area contributed by atoms with Gasteiger partial charge >= 0.3 is 5.97 Å². The minimum atomic E-state index is -4.08. The van der Waals surface area contributed by atoms with Crippen molar-refractivity contribution < 1.29 is 27.5 Å². The van der Waals surface area contributed by atoms with Gasteiger partial charge in [0.2, 0.25) is 11.0 Å². The molecule has 14 heteroatoms. The summed E-state index contributed by atoms with van der Waals surface area (Å²) in [5, 5.41) is 10.5. The molecule has 0 radical (unpaired) electrons. The fourth-order valence-corrected chi connectivity index (χ4v) is 6.00. The van der Waals surface area contributed by atoms with E-state index in [2.05, 4.69) is 36.2 Å². The number of methoxy groups -OCH3 is 1. The van der Waals surface area contributed by atoms with Gasteiger partial charge in [-0.3, -0.25) is 19.2 Å². The number of nitrogens with one attached hydrogen (secondary N) is 1. The van der Waals surface area contributed by atoms with E-state index >= 15 is 0 Å². The molecule has 0 bridgehead atoms. The molecule has 1 N–H and O–H groups in total. The highest BCUT2D eigenvalue weighted by atomic mass is 79.9. The molecule has 1 aromatic heterocycles. The van der Waals surface area contributed by atoms with Gasteiger partial charge in [-0.05, 0) is 55.5 Å². The highest BCUT2D eigenvalue weighted by Crippen LogP contribution is 2.28. The Kier molecular flexibility index (Phi) is 9.48. The molecule has 0 aliphatic rings. The SMILES string of the molecule is CCOc1ccc(N(CC(=O)Nc2nnc(SCC(=O)OC)s2)S(=O)(=O)c2ccc(Br)cc2)cc1. The second-order valence-electron chi connectivity index (χ2n) is 6.68. The van der Waals surface area contributed by atoms with Crippen molar-refractivity contribution in [1.82, 2.24) is 10.2 Å². The lowest BCUT2D eigenvalue weighted by molar-refractivity contribution is -0.137. The number of esters is 1. The van der Waals surface area contributed by atoms with Crippen LogP contribution in [0, 0.1) is 0 Å². The summed E-state index contributed by atoms with van der Waals surface area (Å²) in [6, 6.07) is 12.5. The van der Waals surface area contributed by atoms with Crippen molar-refractivity contribution in [2.24, 2.45) is 0 Å². The average molecular weight is 602 g/mol. The van der Waals surface area contributed by atoms with E-state index in [1.165, 1.54) is 19.2 Å². The third kappa shape index (κ3) is 7.40. The second kappa shape index (κ2) is 12.3. The van der Waals surface area contributed by atoms with Crippen LogP contribution in [0.15, 0.2) is 62.2 Å². The summed E-state index contributed by atoms with van der Waals surface area (Å²) in [7, 11) is -2.79. The van der Waals surface area contributed by atoms with Gasteiger partial charge in [-0.2, -0.15) is 0 Å². The van der Waals surface area contributed by atoms with E-state index in [1.54, 1.807) is 36.4 Å². The Morgan fingerprint density at radius 1 is 1.11 bits per heavy atom. The molecular formula is C21H21BrN4O6S3. The first-order chi connectivity index (χ1) is 16.7. The van der Waals surface area contributed by atoms with Crippen LogP contribution >= 0.6 is 39.0 Å². The van der Waals surface area contributed by atoms with E-state index in [-0.39, 0.29) is 21.5 Å². The number of carbonyl (C=O) groups is 2. The molecule has 3 rings (SSSR count). The predicted molar refractivity (Wildman–Crippen MR) is 138 cm³/mol. The van der Waals surface area contributed by atoms with Crippen LogP contribution in [0.2, 0.25) is 0 Å². The van der Waals surface area contributed by atoms with Gasteiger partial charge in [0.15, 0.2) is 4.34 Å². The number of hydrogen-bond donors (Lipinski definition) is 1. The molecule has 2 aromatic carbocycles. The number of sulfonamides is 1. The van der Waals surface area contributed by atoms with E-state index in [4.69, 9.17) is 4.74 Å². The normalized spacial score (nSPS) is 11.1. The zero-order chi connectivity index (χ0) is 25.4. The zero-order valence-corrected chi connectivity index (χ0v) is 22.7. The Bertz CT molecular complexity index is 1270. The average Bonchev–Trinajstić information content (AvgIpc) is 3.29. The van der Waals surface area contributed by atoms with E-state index in [1.807, 2.05) is 6.92 Å². The van der Waals surface area contributed by atoms with Crippen molar-refractivity contribution in [3.8, 4) is 5.75 Å². The number of hydrogen-bond acceptors (Lipinski definition) is 10. The summed E-state index contributed by atoms with van der Waals surface area (Å²) in [5.74, 6) is -0.400. The van der Waals surface area contributed by atoms with Crippen LogP contribution in [0.1, 0.15) is 6.92 Å². The number of rotatable bonds is 11. The van der Waals surface area contributed by atoms with Gasteiger partial charge in [0.05, 0.1) is 30.1 Å².